The molecule has 0 aliphatic carbocycles. The van der Waals surface area contributed by atoms with Crippen LogP contribution < -0.4 is 0 Å². The second-order valence-electron chi connectivity index (χ2n) is 2.01. The van der Waals surface area contributed by atoms with Gasteiger partial charge in [0.05, 0.1) is 5.51 Å². The van der Waals surface area contributed by atoms with Gasteiger partial charge in [-0.2, -0.15) is 0 Å². The van der Waals surface area contributed by atoms with Crippen LogP contribution in [-0.2, 0) is 0 Å². The molecule has 2 aromatic rings. The second kappa shape index (κ2) is 2.64. The number of hydrogen-bond acceptors (Lipinski definition) is 4. The summed E-state index contributed by atoms with van der Waals surface area (Å²) in [6.07, 6.45) is 1.76. The van der Waals surface area contributed by atoms with E-state index in [1.54, 1.807) is 11.7 Å². The molecule has 0 bridgehead atoms. The molecule has 54 valence electrons. The van der Waals surface area contributed by atoms with Gasteiger partial charge in [0.2, 0.25) is 0 Å². The lowest BCUT2D eigenvalue weighted by Gasteiger charge is -1.91. The third-order valence-electron chi connectivity index (χ3n) is 1.34. The predicted octanol–water partition coefficient (Wildman–Crippen LogP) is 2.42. The van der Waals surface area contributed by atoms with Crippen LogP contribution in [0.4, 0.5) is 0 Å². The Kier molecular flexibility index (Phi) is 1.63. The molecule has 0 unspecified atom stereocenters. The first-order chi connectivity index (χ1) is 5.38. The molecule has 0 saturated carbocycles. The lowest BCUT2D eigenvalue weighted by molar-refractivity contribution is 1.36. The maximum Gasteiger partial charge on any atom is 0.137 e. The van der Waals surface area contributed by atoms with Gasteiger partial charge in [0.15, 0.2) is 0 Å². The molecule has 2 rings (SSSR count). The molecule has 0 spiro atoms. The Morgan fingerprint density at radius 1 is 1.36 bits per heavy atom. The quantitative estimate of drug-likeness (QED) is 0.582. The van der Waals surface area contributed by atoms with Crippen molar-refractivity contribution in [2.45, 2.75) is 0 Å². The molecule has 0 radical (unpaired) electrons. The van der Waals surface area contributed by atoms with Crippen LogP contribution in [-0.4, -0.2) is 9.97 Å². The fourth-order valence-electron chi connectivity index (χ4n) is 0.841. The zero-order valence-corrected chi connectivity index (χ0v) is 7.15. The Morgan fingerprint density at radius 2 is 2.27 bits per heavy atom. The number of hydrogen-bond donors (Lipinski definition) is 0. The van der Waals surface area contributed by atoms with Gasteiger partial charge in [-0.15, -0.1) is 11.3 Å². The highest BCUT2D eigenvalue weighted by atomic mass is 32.1. The van der Waals surface area contributed by atoms with E-state index in [2.05, 4.69) is 9.97 Å². The predicted molar refractivity (Wildman–Crippen MR) is 48.2 cm³/mol. The first-order valence-corrected chi connectivity index (χ1v) is 4.35. The van der Waals surface area contributed by atoms with Crippen LogP contribution in [0.1, 0.15) is 0 Å². The van der Waals surface area contributed by atoms with Gasteiger partial charge in [0.1, 0.15) is 9.47 Å². The molecule has 2 heterocycles. The molecule has 0 saturated heterocycles. The highest BCUT2D eigenvalue weighted by Crippen LogP contribution is 2.13. The van der Waals surface area contributed by atoms with E-state index in [-0.39, 0.29) is 0 Å². The van der Waals surface area contributed by atoms with Gasteiger partial charge < -0.3 is 0 Å². The smallest absolute Gasteiger partial charge is 0.137 e. The SMILES string of the molecule is S=c1ncsc2ncccc12. The van der Waals surface area contributed by atoms with Crippen LogP contribution in [0.15, 0.2) is 23.8 Å². The highest BCUT2D eigenvalue weighted by molar-refractivity contribution is 7.71. The Bertz CT molecular complexity index is 430. The standard InChI is InChI=1S/C7H4N2S2/c10-6-5-2-1-3-8-7(5)11-4-9-6/h1-4H. The largest absolute Gasteiger partial charge is 0.245 e. The molecule has 0 atom stereocenters. The molecule has 4 heteroatoms. The van der Waals surface area contributed by atoms with Crippen LogP contribution in [0.3, 0.4) is 0 Å². The number of pyridine rings is 1. The summed E-state index contributed by atoms with van der Waals surface area (Å²) in [6.45, 7) is 0. The molecule has 0 amide bonds. The van der Waals surface area contributed by atoms with Gasteiger partial charge in [-0.05, 0) is 12.1 Å². The van der Waals surface area contributed by atoms with E-state index in [4.69, 9.17) is 12.2 Å². The fraction of sp³-hybridized carbons (Fsp3) is 0. The molecule has 11 heavy (non-hydrogen) atoms. The lowest BCUT2D eigenvalue weighted by atomic mass is 10.4. The van der Waals surface area contributed by atoms with Crippen molar-refractivity contribution >= 4 is 33.8 Å². The molecule has 0 aliphatic rings. The summed E-state index contributed by atoms with van der Waals surface area (Å²) in [6, 6.07) is 3.81. The molecule has 0 aliphatic heterocycles. The Balaban J connectivity index is 3.03. The van der Waals surface area contributed by atoms with Crippen molar-refractivity contribution in [2.24, 2.45) is 0 Å². The molecule has 2 nitrogen and oxygen atoms in total. The van der Waals surface area contributed by atoms with Crippen molar-refractivity contribution in [1.29, 1.82) is 0 Å². The number of rotatable bonds is 0. The maximum absolute atomic E-state index is 5.01. The van der Waals surface area contributed by atoms with Crippen molar-refractivity contribution in [2.75, 3.05) is 0 Å². The van der Waals surface area contributed by atoms with Crippen LogP contribution in [0.2, 0.25) is 0 Å². The van der Waals surface area contributed by atoms with Gasteiger partial charge >= 0.3 is 0 Å². The molecule has 0 fully saturated rings. The zero-order valence-electron chi connectivity index (χ0n) is 5.52. The highest BCUT2D eigenvalue weighted by Gasteiger charge is 1.93. The average molecular weight is 180 g/mol. The van der Waals surface area contributed by atoms with E-state index in [1.165, 1.54) is 11.3 Å². The van der Waals surface area contributed by atoms with Gasteiger partial charge in [-0.3, -0.25) is 0 Å². The third kappa shape index (κ3) is 1.15. The fourth-order valence-corrected chi connectivity index (χ4v) is 1.86. The molecular formula is C7H4N2S2. The van der Waals surface area contributed by atoms with Gasteiger partial charge in [0.25, 0.3) is 0 Å². The van der Waals surface area contributed by atoms with Gasteiger partial charge in [-0.1, -0.05) is 12.2 Å². The zero-order chi connectivity index (χ0) is 7.68. The molecular weight excluding hydrogens is 176 g/mol. The number of nitrogens with zero attached hydrogens (tertiary/aromatic N) is 2. The first-order valence-electron chi connectivity index (χ1n) is 3.06. The van der Waals surface area contributed by atoms with Crippen LogP contribution in [0, 0.1) is 4.64 Å². The summed E-state index contributed by atoms with van der Waals surface area (Å²) in [4.78, 5) is 9.11. The molecule has 0 N–H and O–H groups in total. The Morgan fingerprint density at radius 3 is 3.09 bits per heavy atom. The monoisotopic (exact) mass is 180 g/mol. The van der Waals surface area contributed by atoms with Crippen molar-refractivity contribution in [3.63, 3.8) is 0 Å². The average Bonchev–Trinajstić information content (AvgIpc) is 2.06. The van der Waals surface area contributed by atoms with Crippen molar-refractivity contribution in [1.82, 2.24) is 9.97 Å². The minimum atomic E-state index is 0.631. The number of aromatic nitrogens is 2. The Labute approximate surface area is 72.6 Å². The summed E-state index contributed by atoms with van der Waals surface area (Å²) in [5.74, 6) is 0. The van der Waals surface area contributed by atoms with Crippen molar-refractivity contribution in [3.05, 3.63) is 28.5 Å². The van der Waals surface area contributed by atoms with Crippen molar-refractivity contribution in [3.8, 4) is 0 Å². The van der Waals surface area contributed by atoms with Crippen molar-refractivity contribution < 1.29 is 0 Å². The second-order valence-corrected chi connectivity index (χ2v) is 3.23. The van der Waals surface area contributed by atoms with Crippen LogP contribution >= 0.6 is 23.6 Å². The van der Waals surface area contributed by atoms with E-state index >= 15 is 0 Å². The minimum Gasteiger partial charge on any atom is -0.245 e. The number of fused-ring (bicyclic) bond motifs is 1. The lowest BCUT2D eigenvalue weighted by Crippen LogP contribution is -1.76. The third-order valence-corrected chi connectivity index (χ3v) is 2.42. The van der Waals surface area contributed by atoms with Crippen LogP contribution in [0.25, 0.3) is 10.2 Å². The first kappa shape index (κ1) is 6.82. The summed E-state index contributed by atoms with van der Waals surface area (Å²) in [5, 5.41) is 0.968. The van der Waals surface area contributed by atoms with Crippen LogP contribution in [0.5, 0.6) is 0 Å². The molecule has 2 aromatic heterocycles. The summed E-state index contributed by atoms with van der Waals surface area (Å²) >= 11 is 6.51. The van der Waals surface area contributed by atoms with E-state index in [0.29, 0.717) is 4.64 Å². The van der Waals surface area contributed by atoms with Gasteiger partial charge in [0, 0.05) is 11.6 Å². The minimum absolute atomic E-state index is 0.631. The maximum atomic E-state index is 5.01. The van der Waals surface area contributed by atoms with E-state index in [0.717, 1.165) is 10.2 Å². The summed E-state index contributed by atoms with van der Waals surface area (Å²) in [7, 11) is 0. The normalized spacial score (nSPS) is 10.2. The summed E-state index contributed by atoms with van der Waals surface area (Å²) in [5.41, 5.74) is 1.72. The van der Waals surface area contributed by atoms with Gasteiger partial charge in [-0.25, -0.2) is 9.97 Å². The topological polar surface area (TPSA) is 25.8 Å². The molecule has 0 aromatic carbocycles. The van der Waals surface area contributed by atoms with E-state index in [1.807, 2.05) is 12.1 Å². The van der Waals surface area contributed by atoms with E-state index in [9.17, 15) is 0 Å². The van der Waals surface area contributed by atoms with E-state index < -0.39 is 0 Å². The summed E-state index contributed by atoms with van der Waals surface area (Å²) < 4.78 is 0.631. The Hall–Kier alpha value is -0.870.